The fourth-order valence-electron chi connectivity index (χ4n) is 3.51. The van der Waals surface area contributed by atoms with Crippen LogP contribution in [0.4, 0.5) is 0 Å². The lowest BCUT2D eigenvalue weighted by molar-refractivity contribution is 0.0706. The van der Waals surface area contributed by atoms with E-state index in [0.29, 0.717) is 11.1 Å². The smallest absolute Gasteiger partial charge is 0.255 e. The first-order chi connectivity index (χ1) is 11.5. The van der Waals surface area contributed by atoms with Gasteiger partial charge in [-0.1, -0.05) is 11.6 Å². The van der Waals surface area contributed by atoms with E-state index in [1.165, 1.54) is 0 Å². The van der Waals surface area contributed by atoms with Crippen molar-refractivity contribution in [2.24, 2.45) is 0 Å². The fourth-order valence-corrected chi connectivity index (χ4v) is 3.63. The molecule has 1 saturated heterocycles. The molecule has 0 unspecified atom stereocenters. The van der Waals surface area contributed by atoms with E-state index in [1.807, 2.05) is 56.1 Å². The molecule has 2 heterocycles. The van der Waals surface area contributed by atoms with Gasteiger partial charge in [-0.25, -0.2) is 0 Å². The molecule has 24 heavy (non-hydrogen) atoms. The number of carbonyl (C=O) groups is 1. The van der Waals surface area contributed by atoms with Crippen molar-refractivity contribution in [3.05, 3.63) is 52.3 Å². The van der Waals surface area contributed by atoms with Crippen molar-refractivity contribution in [2.45, 2.75) is 32.7 Å². The molecule has 1 amide bonds. The molecule has 1 fully saturated rings. The molecule has 0 aliphatic carbocycles. The zero-order valence-corrected chi connectivity index (χ0v) is 15.2. The Morgan fingerprint density at radius 3 is 2.38 bits per heavy atom. The Balaban J connectivity index is 1.86. The second-order valence-electron chi connectivity index (χ2n) is 6.45. The molecular weight excluding hydrogens is 322 g/mol. The molecule has 0 spiro atoms. The Labute approximate surface area is 148 Å². The van der Waals surface area contributed by atoms with E-state index in [-0.39, 0.29) is 5.91 Å². The minimum absolute atomic E-state index is 0.137. The van der Waals surface area contributed by atoms with E-state index in [9.17, 15) is 4.79 Å². The van der Waals surface area contributed by atoms with Gasteiger partial charge in [-0.05, 0) is 64.1 Å². The predicted octanol–water partition coefficient (Wildman–Crippen LogP) is 3.57. The summed E-state index contributed by atoms with van der Waals surface area (Å²) in [7, 11) is 1.99. The Morgan fingerprint density at radius 1 is 1.17 bits per heavy atom. The van der Waals surface area contributed by atoms with Gasteiger partial charge in [-0.3, -0.25) is 4.79 Å². The molecule has 1 aromatic carbocycles. The third kappa shape index (κ3) is 3.21. The molecule has 3 rings (SSSR count). The standard InChI is InChI=1S/C19H24ClN3O/c1-13-12-18(19(24)22-10-8-16(21-3)9-11-22)14(2)23(13)17-6-4-15(20)5-7-17/h4-7,12,16,21H,8-11H2,1-3H3. The summed E-state index contributed by atoms with van der Waals surface area (Å²) >= 11 is 5.98. The fraction of sp³-hybridized carbons (Fsp3) is 0.421. The summed E-state index contributed by atoms with van der Waals surface area (Å²) in [6, 6.07) is 10.2. The Kier molecular flexibility index (Phi) is 4.97. The van der Waals surface area contributed by atoms with Crippen LogP contribution in [0, 0.1) is 13.8 Å². The third-order valence-corrected chi connectivity index (χ3v) is 5.19. The number of aromatic nitrogens is 1. The molecule has 4 nitrogen and oxygen atoms in total. The van der Waals surface area contributed by atoms with Crippen LogP contribution >= 0.6 is 11.6 Å². The topological polar surface area (TPSA) is 37.3 Å². The molecule has 1 aliphatic heterocycles. The molecular formula is C19H24ClN3O. The van der Waals surface area contributed by atoms with Crippen molar-refractivity contribution in [3.63, 3.8) is 0 Å². The van der Waals surface area contributed by atoms with Crippen molar-refractivity contribution >= 4 is 17.5 Å². The Morgan fingerprint density at radius 2 is 1.79 bits per heavy atom. The maximum Gasteiger partial charge on any atom is 0.255 e. The van der Waals surface area contributed by atoms with Gasteiger partial charge in [0.1, 0.15) is 0 Å². The second kappa shape index (κ2) is 6.99. The van der Waals surface area contributed by atoms with Gasteiger partial charge < -0.3 is 14.8 Å². The van der Waals surface area contributed by atoms with Crippen LogP contribution in [0.5, 0.6) is 0 Å². The number of carbonyl (C=O) groups excluding carboxylic acids is 1. The Hall–Kier alpha value is -1.78. The molecule has 0 saturated carbocycles. The molecule has 1 N–H and O–H groups in total. The second-order valence-corrected chi connectivity index (χ2v) is 6.89. The first kappa shape index (κ1) is 17.1. The summed E-state index contributed by atoms with van der Waals surface area (Å²) in [4.78, 5) is 14.9. The highest BCUT2D eigenvalue weighted by molar-refractivity contribution is 6.30. The van der Waals surface area contributed by atoms with Gasteiger partial charge in [-0.15, -0.1) is 0 Å². The number of hydrogen-bond acceptors (Lipinski definition) is 2. The quantitative estimate of drug-likeness (QED) is 0.923. The summed E-state index contributed by atoms with van der Waals surface area (Å²) in [6.45, 7) is 5.67. The normalized spacial score (nSPS) is 15.8. The van der Waals surface area contributed by atoms with Crippen LogP contribution in [0.15, 0.2) is 30.3 Å². The average molecular weight is 346 g/mol. The number of hydrogen-bond donors (Lipinski definition) is 1. The zero-order chi connectivity index (χ0) is 17.3. The van der Waals surface area contributed by atoms with Gasteiger partial charge in [0.15, 0.2) is 0 Å². The van der Waals surface area contributed by atoms with Crippen molar-refractivity contribution in [1.29, 1.82) is 0 Å². The number of nitrogens with one attached hydrogen (secondary N) is 1. The highest BCUT2D eigenvalue weighted by Crippen LogP contribution is 2.24. The van der Waals surface area contributed by atoms with Crippen LogP contribution in [0.3, 0.4) is 0 Å². The maximum atomic E-state index is 12.9. The van der Waals surface area contributed by atoms with Crippen molar-refractivity contribution in [3.8, 4) is 5.69 Å². The number of amides is 1. The minimum atomic E-state index is 0.137. The molecule has 0 radical (unpaired) electrons. The lowest BCUT2D eigenvalue weighted by atomic mass is 10.0. The van der Waals surface area contributed by atoms with Crippen LogP contribution in [0.25, 0.3) is 5.69 Å². The molecule has 5 heteroatoms. The van der Waals surface area contributed by atoms with Crippen LogP contribution in [-0.2, 0) is 0 Å². The van der Waals surface area contributed by atoms with Gasteiger partial charge in [0.25, 0.3) is 5.91 Å². The highest BCUT2D eigenvalue weighted by atomic mass is 35.5. The van der Waals surface area contributed by atoms with Crippen LogP contribution in [0.1, 0.15) is 34.6 Å². The Bertz CT molecular complexity index is 728. The van der Waals surface area contributed by atoms with Crippen LogP contribution in [-0.4, -0.2) is 41.6 Å². The van der Waals surface area contributed by atoms with E-state index < -0.39 is 0 Å². The number of rotatable bonds is 3. The van der Waals surface area contributed by atoms with Crippen molar-refractivity contribution in [1.82, 2.24) is 14.8 Å². The van der Waals surface area contributed by atoms with Gasteiger partial charge in [-0.2, -0.15) is 0 Å². The predicted molar refractivity (Wildman–Crippen MR) is 98.2 cm³/mol. The van der Waals surface area contributed by atoms with Gasteiger partial charge >= 0.3 is 0 Å². The number of halogens is 1. The van der Waals surface area contributed by atoms with Crippen molar-refractivity contribution < 1.29 is 4.79 Å². The van der Waals surface area contributed by atoms with Gasteiger partial charge in [0.2, 0.25) is 0 Å². The van der Waals surface area contributed by atoms with Crippen LogP contribution in [0.2, 0.25) is 5.02 Å². The van der Waals surface area contributed by atoms with Gasteiger partial charge in [0, 0.05) is 41.2 Å². The van der Waals surface area contributed by atoms with E-state index in [1.54, 1.807) is 0 Å². The van der Waals surface area contributed by atoms with E-state index in [0.717, 1.165) is 48.6 Å². The lowest BCUT2D eigenvalue weighted by Gasteiger charge is -2.31. The molecule has 0 bridgehead atoms. The lowest BCUT2D eigenvalue weighted by Crippen LogP contribution is -2.44. The molecule has 2 aromatic rings. The van der Waals surface area contributed by atoms with Gasteiger partial charge in [0.05, 0.1) is 5.56 Å². The summed E-state index contributed by atoms with van der Waals surface area (Å²) in [5.74, 6) is 0.137. The van der Waals surface area contributed by atoms with Crippen LogP contribution < -0.4 is 5.32 Å². The summed E-state index contributed by atoms with van der Waals surface area (Å²) in [5.41, 5.74) is 3.87. The molecule has 1 aromatic heterocycles. The number of benzene rings is 1. The average Bonchev–Trinajstić information content (AvgIpc) is 2.90. The summed E-state index contributed by atoms with van der Waals surface area (Å²) < 4.78 is 2.11. The number of nitrogens with zero attached hydrogens (tertiary/aromatic N) is 2. The van der Waals surface area contributed by atoms with E-state index in [2.05, 4.69) is 9.88 Å². The number of piperidine rings is 1. The largest absolute Gasteiger partial charge is 0.338 e. The maximum absolute atomic E-state index is 12.9. The summed E-state index contributed by atoms with van der Waals surface area (Å²) in [6.07, 6.45) is 2.02. The minimum Gasteiger partial charge on any atom is -0.338 e. The molecule has 128 valence electrons. The number of aryl methyl sites for hydroxylation is 1. The first-order valence-corrected chi connectivity index (χ1v) is 8.80. The molecule has 1 aliphatic rings. The molecule has 0 atom stereocenters. The SMILES string of the molecule is CNC1CCN(C(=O)c2cc(C)n(-c3ccc(Cl)cc3)c2C)CC1. The monoisotopic (exact) mass is 345 g/mol. The number of likely N-dealkylation sites (tertiary alicyclic amines) is 1. The van der Waals surface area contributed by atoms with E-state index in [4.69, 9.17) is 11.6 Å². The zero-order valence-electron chi connectivity index (χ0n) is 14.5. The third-order valence-electron chi connectivity index (χ3n) is 4.94. The highest BCUT2D eigenvalue weighted by Gasteiger charge is 2.25. The first-order valence-electron chi connectivity index (χ1n) is 8.42. The van der Waals surface area contributed by atoms with E-state index >= 15 is 0 Å². The van der Waals surface area contributed by atoms with Crippen molar-refractivity contribution in [2.75, 3.05) is 20.1 Å². The summed E-state index contributed by atoms with van der Waals surface area (Å²) in [5, 5.41) is 4.01.